The SMILES string of the molecule is COc1ccc(/C=C(/C#N)C(=O)Nc2cccc(C)c2)cc1[N+](=O)[O-]. The minimum Gasteiger partial charge on any atom is -0.490 e. The Hall–Kier alpha value is -3.66. The van der Waals surface area contributed by atoms with Gasteiger partial charge in [0.05, 0.1) is 12.0 Å². The van der Waals surface area contributed by atoms with Gasteiger partial charge in [0, 0.05) is 11.8 Å². The molecular formula is C18H15N3O4. The van der Waals surface area contributed by atoms with Crippen LogP contribution in [0.2, 0.25) is 0 Å². The van der Waals surface area contributed by atoms with Gasteiger partial charge in [-0.1, -0.05) is 18.2 Å². The van der Waals surface area contributed by atoms with E-state index < -0.39 is 10.8 Å². The topological polar surface area (TPSA) is 105 Å². The Morgan fingerprint density at radius 2 is 2.08 bits per heavy atom. The van der Waals surface area contributed by atoms with Crippen LogP contribution >= 0.6 is 0 Å². The highest BCUT2D eigenvalue weighted by atomic mass is 16.6. The Morgan fingerprint density at radius 3 is 2.68 bits per heavy atom. The summed E-state index contributed by atoms with van der Waals surface area (Å²) in [5.41, 5.74) is 1.47. The van der Waals surface area contributed by atoms with Gasteiger partial charge in [0.2, 0.25) is 0 Å². The molecule has 1 N–H and O–H groups in total. The lowest BCUT2D eigenvalue weighted by Gasteiger charge is -2.06. The average molecular weight is 337 g/mol. The first kappa shape index (κ1) is 17.7. The fraction of sp³-hybridized carbons (Fsp3) is 0.111. The summed E-state index contributed by atoms with van der Waals surface area (Å²) >= 11 is 0. The van der Waals surface area contributed by atoms with E-state index in [1.54, 1.807) is 18.2 Å². The first-order valence-electron chi connectivity index (χ1n) is 7.27. The highest BCUT2D eigenvalue weighted by molar-refractivity contribution is 6.09. The summed E-state index contributed by atoms with van der Waals surface area (Å²) in [6.45, 7) is 1.88. The number of hydrogen-bond acceptors (Lipinski definition) is 5. The summed E-state index contributed by atoms with van der Waals surface area (Å²) in [6.07, 6.45) is 1.29. The lowest BCUT2D eigenvalue weighted by atomic mass is 10.1. The predicted molar refractivity (Wildman–Crippen MR) is 93.0 cm³/mol. The highest BCUT2D eigenvalue weighted by Gasteiger charge is 2.16. The van der Waals surface area contributed by atoms with Crippen molar-refractivity contribution in [3.05, 3.63) is 69.3 Å². The van der Waals surface area contributed by atoms with E-state index in [1.807, 2.05) is 19.1 Å². The smallest absolute Gasteiger partial charge is 0.311 e. The predicted octanol–water partition coefficient (Wildman–Crippen LogP) is 3.46. The van der Waals surface area contributed by atoms with E-state index >= 15 is 0 Å². The van der Waals surface area contributed by atoms with E-state index in [0.717, 1.165) is 5.56 Å². The molecule has 7 nitrogen and oxygen atoms in total. The van der Waals surface area contributed by atoms with Crippen LogP contribution in [0.5, 0.6) is 5.75 Å². The number of benzene rings is 2. The van der Waals surface area contributed by atoms with Crippen molar-refractivity contribution in [2.45, 2.75) is 6.92 Å². The molecule has 0 atom stereocenters. The average Bonchev–Trinajstić information content (AvgIpc) is 2.59. The molecule has 0 saturated heterocycles. The van der Waals surface area contributed by atoms with E-state index in [0.29, 0.717) is 11.3 Å². The number of amides is 1. The highest BCUT2D eigenvalue weighted by Crippen LogP contribution is 2.28. The number of ether oxygens (including phenoxy) is 1. The second-order valence-corrected chi connectivity index (χ2v) is 5.18. The normalized spacial score (nSPS) is 10.7. The van der Waals surface area contributed by atoms with Gasteiger partial charge in [0.25, 0.3) is 5.91 Å². The van der Waals surface area contributed by atoms with Crippen molar-refractivity contribution < 1.29 is 14.5 Å². The van der Waals surface area contributed by atoms with Gasteiger partial charge in [-0.25, -0.2) is 0 Å². The molecular weight excluding hydrogens is 322 g/mol. The van der Waals surface area contributed by atoms with E-state index in [1.165, 1.54) is 31.4 Å². The van der Waals surface area contributed by atoms with Gasteiger partial charge < -0.3 is 10.1 Å². The summed E-state index contributed by atoms with van der Waals surface area (Å²) < 4.78 is 4.92. The third-order valence-electron chi connectivity index (χ3n) is 3.35. The van der Waals surface area contributed by atoms with E-state index in [4.69, 9.17) is 4.74 Å². The minimum atomic E-state index is -0.591. The van der Waals surface area contributed by atoms with Crippen molar-refractivity contribution >= 4 is 23.4 Å². The number of methoxy groups -OCH3 is 1. The first-order chi connectivity index (χ1) is 11.9. The third-order valence-corrected chi connectivity index (χ3v) is 3.35. The quantitative estimate of drug-likeness (QED) is 0.389. The molecule has 126 valence electrons. The second kappa shape index (κ2) is 7.75. The molecule has 0 heterocycles. The zero-order valence-electron chi connectivity index (χ0n) is 13.6. The summed E-state index contributed by atoms with van der Waals surface area (Å²) in [4.78, 5) is 22.7. The van der Waals surface area contributed by atoms with Gasteiger partial charge in [-0.15, -0.1) is 0 Å². The number of anilines is 1. The van der Waals surface area contributed by atoms with Crippen molar-refractivity contribution in [1.29, 1.82) is 5.26 Å². The standard InChI is InChI=1S/C18H15N3O4/c1-12-4-3-5-15(8-12)20-18(22)14(11-19)9-13-6-7-17(25-2)16(10-13)21(23)24/h3-10H,1-2H3,(H,20,22)/b14-9-. The van der Waals surface area contributed by atoms with Crippen LogP contribution in [0.1, 0.15) is 11.1 Å². The Kier molecular flexibility index (Phi) is 5.48. The fourth-order valence-electron chi connectivity index (χ4n) is 2.18. The number of nitriles is 1. The first-order valence-corrected chi connectivity index (χ1v) is 7.27. The van der Waals surface area contributed by atoms with Crippen molar-refractivity contribution in [3.8, 4) is 11.8 Å². The molecule has 0 aliphatic heterocycles. The van der Waals surface area contributed by atoms with Gasteiger partial charge in [0.1, 0.15) is 11.6 Å². The van der Waals surface area contributed by atoms with Gasteiger partial charge in [-0.3, -0.25) is 14.9 Å². The molecule has 25 heavy (non-hydrogen) atoms. The van der Waals surface area contributed by atoms with Crippen LogP contribution < -0.4 is 10.1 Å². The summed E-state index contributed by atoms with van der Waals surface area (Å²) in [6, 6.07) is 13.1. The molecule has 0 spiro atoms. The molecule has 0 radical (unpaired) electrons. The lowest BCUT2D eigenvalue weighted by molar-refractivity contribution is -0.385. The molecule has 0 aromatic heterocycles. The Morgan fingerprint density at radius 1 is 1.32 bits per heavy atom. The Balaban J connectivity index is 2.31. The number of nitrogens with one attached hydrogen (secondary N) is 1. The van der Waals surface area contributed by atoms with Gasteiger partial charge >= 0.3 is 5.69 Å². The van der Waals surface area contributed by atoms with Crippen LogP contribution in [0.15, 0.2) is 48.0 Å². The number of nitrogens with zero attached hydrogens (tertiary/aromatic N) is 2. The van der Waals surface area contributed by atoms with Crippen LogP contribution in [-0.2, 0) is 4.79 Å². The van der Waals surface area contributed by atoms with Gasteiger partial charge in [0.15, 0.2) is 5.75 Å². The Bertz CT molecular complexity index is 897. The van der Waals surface area contributed by atoms with Crippen LogP contribution in [0, 0.1) is 28.4 Å². The molecule has 2 aromatic carbocycles. The minimum absolute atomic E-state index is 0.102. The maximum Gasteiger partial charge on any atom is 0.311 e. The molecule has 0 fully saturated rings. The number of aryl methyl sites for hydroxylation is 1. The number of carbonyl (C=O) groups is 1. The monoisotopic (exact) mass is 337 g/mol. The van der Waals surface area contributed by atoms with Crippen molar-refractivity contribution in [3.63, 3.8) is 0 Å². The van der Waals surface area contributed by atoms with Crippen LogP contribution in [0.4, 0.5) is 11.4 Å². The van der Waals surface area contributed by atoms with E-state index in [9.17, 15) is 20.2 Å². The fourth-order valence-corrected chi connectivity index (χ4v) is 2.18. The zero-order valence-corrected chi connectivity index (χ0v) is 13.6. The van der Waals surface area contributed by atoms with E-state index in [-0.39, 0.29) is 17.0 Å². The summed E-state index contributed by atoms with van der Waals surface area (Å²) in [7, 11) is 1.33. The molecule has 0 saturated carbocycles. The molecule has 0 aliphatic carbocycles. The van der Waals surface area contributed by atoms with Crippen LogP contribution in [0.3, 0.4) is 0 Å². The molecule has 0 bridgehead atoms. The molecule has 2 rings (SSSR count). The zero-order chi connectivity index (χ0) is 18.4. The maximum atomic E-state index is 12.2. The molecule has 2 aromatic rings. The number of rotatable bonds is 5. The number of nitro groups is 1. The third kappa shape index (κ3) is 4.42. The van der Waals surface area contributed by atoms with Crippen molar-refractivity contribution in [2.24, 2.45) is 0 Å². The van der Waals surface area contributed by atoms with Crippen molar-refractivity contribution in [1.82, 2.24) is 0 Å². The van der Waals surface area contributed by atoms with Crippen LogP contribution in [-0.4, -0.2) is 17.9 Å². The van der Waals surface area contributed by atoms with Crippen LogP contribution in [0.25, 0.3) is 6.08 Å². The van der Waals surface area contributed by atoms with Gasteiger partial charge in [-0.2, -0.15) is 5.26 Å². The van der Waals surface area contributed by atoms with Gasteiger partial charge in [-0.05, 0) is 42.3 Å². The summed E-state index contributed by atoms with van der Waals surface area (Å²) in [5.74, 6) is -0.489. The molecule has 0 unspecified atom stereocenters. The number of carbonyl (C=O) groups excluding carboxylic acids is 1. The Labute approximate surface area is 144 Å². The maximum absolute atomic E-state index is 12.2. The molecule has 1 amide bonds. The van der Waals surface area contributed by atoms with E-state index in [2.05, 4.69) is 5.32 Å². The largest absolute Gasteiger partial charge is 0.490 e. The molecule has 0 aliphatic rings. The van der Waals surface area contributed by atoms with Crippen molar-refractivity contribution in [2.75, 3.05) is 12.4 Å². The summed E-state index contributed by atoms with van der Waals surface area (Å²) in [5, 5.41) is 22.9. The molecule has 7 heteroatoms. The lowest BCUT2D eigenvalue weighted by Crippen LogP contribution is -2.13. The number of hydrogen-bond donors (Lipinski definition) is 1. The second-order valence-electron chi connectivity index (χ2n) is 5.18. The number of nitro benzene ring substituents is 1.